The van der Waals surface area contributed by atoms with Crippen LogP contribution >= 0.6 is 0 Å². The van der Waals surface area contributed by atoms with E-state index in [9.17, 15) is 0 Å². The third kappa shape index (κ3) is 2.28. The summed E-state index contributed by atoms with van der Waals surface area (Å²) >= 11 is 0. The Morgan fingerprint density at radius 2 is 2.23 bits per heavy atom. The van der Waals surface area contributed by atoms with Gasteiger partial charge in [-0.25, -0.2) is 0 Å². The highest BCUT2D eigenvalue weighted by molar-refractivity contribution is 5.09. The van der Waals surface area contributed by atoms with Gasteiger partial charge in [-0.2, -0.15) is 0 Å². The van der Waals surface area contributed by atoms with Crippen molar-refractivity contribution >= 4 is 0 Å². The number of hydrogen-bond acceptors (Lipinski definition) is 2. The Bertz CT molecular complexity index is 258. The number of nitrogens with zero attached hydrogens (tertiary/aromatic N) is 2. The van der Waals surface area contributed by atoms with Crippen molar-refractivity contribution < 1.29 is 0 Å². The monoisotopic (exact) mass is 174 g/mol. The number of aromatic nitrogens is 1. The van der Waals surface area contributed by atoms with Crippen molar-refractivity contribution in [2.75, 3.05) is 13.1 Å². The molecule has 0 spiro atoms. The maximum absolute atomic E-state index is 5.82. The molecule has 0 saturated carbocycles. The van der Waals surface area contributed by atoms with Crippen molar-refractivity contribution in [3.8, 4) is 0 Å². The van der Waals surface area contributed by atoms with Gasteiger partial charge in [-0.05, 0) is 43.5 Å². The smallest absolute Gasteiger partial charge is 0.0271 e. The van der Waals surface area contributed by atoms with E-state index in [-0.39, 0.29) is 0 Å². The van der Waals surface area contributed by atoms with Crippen LogP contribution in [0.4, 0.5) is 0 Å². The van der Waals surface area contributed by atoms with E-state index < -0.39 is 0 Å². The second kappa shape index (κ2) is 3.88. The van der Waals surface area contributed by atoms with Crippen molar-refractivity contribution in [3.63, 3.8) is 0 Å². The molecule has 13 heavy (non-hydrogen) atoms. The summed E-state index contributed by atoms with van der Waals surface area (Å²) in [5.74, 6) is 0.377. The van der Waals surface area contributed by atoms with Gasteiger partial charge in [-0.15, -0.1) is 0 Å². The van der Waals surface area contributed by atoms with E-state index in [2.05, 4.69) is 22.0 Å². The first-order chi connectivity index (χ1) is 6.34. The molecule has 2 heteroatoms. The average Bonchev–Trinajstić information content (AvgIpc) is 2.53. The Kier molecular flexibility index (Phi) is 2.60. The van der Waals surface area contributed by atoms with Gasteiger partial charge in [-0.3, -0.25) is 9.88 Å². The summed E-state index contributed by atoms with van der Waals surface area (Å²) < 4.78 is 0. The summed E-state index contributed by atoms with van der Waals surface area (Å²) in [5, 5.41) is 0. The van der Waals surface area contributed by atoms with Gasteiger partial charge in [0.2, 0.25) is 0 Å². The molecule has 1 aliphatic rings. The summed E-state index contributed by atoms with van der Waals surface area (Å²) in [6.45, 7) is 8.99. The molecule has 0 bridgehead atoms. The summed E-state index contributed by atoms with van der Waals surface area (Å²) in [6.07, 6.45) is 4.81. The molecule has 68 valence electrons. The molecule has 2 radical (unpaired) electrons. The van der Waals surface area contributed by atoms with Crippen LogP contribution in [0.5, 0.6) is 0 Å². The molecule has 0 amide bonds. The predicted octanol–water partition coefficient (Wildman–Crippen LogP) is 1.61. The number of rotatable bonds is 2. The minimum Gasteiger partial charge on any atom is -0.299 e. The van der Waals surface area contributed by atoms with Crippen LogP contribution in [-0.2, 0) is 6.54 Å². The maximum atomic E-state index is 5.82. The Morgan fingerprint density at radius 1 is 1.46 bits per heavy atom. The van der Waals surface area contributed by atoms with E-state index in [1.54, 1.807) is 0 Å². The zero-order chi connectivity index (χ0) is 9.10. The molecule has 2 nitrogen and oxygen atoms in total. The van der Waals surface area contributed by atoms with Gasteiger partial charge in [-0.1, -0.05) is 0 Å². The predicted molar refractivity (Wildman–Crippen MR) is 51.9 cm³/mol. The first-order valence-corrected chi connectivity index (χ1v) is 4.71. The van der Waals surface area contributed by atoms with Crippen LogP contribution in [0.25, 0.3) is 0 Å². The van der Waals surface area contributed by atoms with Crippen LogP contribution in [0.3, 0.4) is 0 Å². The highest BCUT2D eigenvalue weighted by Crippen LogP contribution is 2.16. The summed E-state index contributed by atoms with van der Waals surface area (Å²) in [6, 6.07) is 4.12. The maximum Gasteiger partial charge on any atom is 0.0271 e. The summed E-state index contributed by atoms with van der Waals surface area (Å²) in [4.78, 5) is 6.38. The first-order valence-electron chi connectivity index (χ1n) is 4.71. The lowest BCUT2D eigenvalue weighted by atomic mass is 10.2. The standard InChI is InChI=1S/C11H14N2/c1-10-4-7-13(8-10)9-11-2-5-12-6-3-11/h1-3,5-6,10H,4,7-9H2. The highest BCUT2D eigenvalue weighted by atomic mass is 15.1. The molecule has 0 N–H and O–H groups in total. The van der Waals surface area contributed by atoms with E-state index in [1.807, 2.05) is 12.4 Å². The fourth-order valence-corrected chi connectivity index (χ4v) is 1.75. The second-order valence-electron chi connectivity index (χ2n) is 3.64. The topological polar surface area (TPSA) is 16.1 Å². The molecule has 1 aliphatic heterocycles. The lowest BCUT2D eigenvalue weighted by molar-refractivity contribution is 0.324. The molecule has 2 heterocycles. The molecule has 1 aromatic rings. The van der Waals surface area contributed by atoms with E-state index in [0.717, 1.165) is 26.1 Å². The Labute approximate surface area is 79.6 Å². The van der Waals surface area contributed by atoms with Crippen LogP contribution in [0.15, 0.2) is 24.5 Å². The zero-order valence-corrected chi connectivity index (χ0v) is 7.69. The molecule has 2 rings (SSSR count). The zero-order valence-electron chi connectivity index (χ0n) is 7.69. The van der Waals surface area contributed by atoms with Crippen LogP contribution in [0, 0.1) is 12.8 Å². The van der Waals surface area contributed by atoms with E-state index in [0.29, 0.717) is 5.92 Å². The lowest BCUT2D eigenvalue weighted by Crippen LogP contribution is -2.19. The minimum absolute atomic E-state index is 0.377. The van der Waals surface area contributed by atoms with E-state index in [4.69, 9.17) is 6.92 Å². The molecule has 1 saturated heterocycles. The van der Waals surface area contributed by atoms with Crippen molar-refractivity contribution in [3.05, 3.63) is 37.0 Å². The lowest BCUT2D eigenvalue weighted by Gasteiger charge is -2.14. The Hall–Kier alpha value is -0.890. The number of likely N-dealkylation sites (tertiary alicyclic amines) is 1. The molecule has 1 atom stereocenters. The minimum atomic E-state index is 0.377. The van der Waals surface area contributed by atoms with Crippen LogP contribution < -0.4 is 0 Å². The average molecular weight is 174 g/mol. The van der Waals surface area contributed by atoms with Gasteiger partial charge in [0.05, 0.1) is 0 Å². The van der Waals surface area contributed by atoms with Gasteiger partial charge in [0.15, 0.2) is 0 Å². The third-order valence-electron chi connectivity index (χ3n) is 2.46. The fraction of sp³-hybridized carbons (Fsp3) is 0.455. The molecule has 1 unspecified atom stereocenters. The third-order valence-corrected chi connectivity index (χ3v) is 2.46. The summed E-state index contributed by atoms with van der Waals surface area (Å²) in [5.41, 5.74) is 1.32. The Morgan fingerprint density at radius 3 is 2.85 bits per heavy atom. The molecule has 1 aromatic heterocycles. The first kappa shape index (κ1) is 8.70. The van der Waals surface area contributed by atoms with Gasteiger partial charge in [0.1, 0.15) is 0 Å². The van der Waals surface area contributed by atoms with E-state index >= 15 is 0 Å². The largest absolute Gasteiger partial charge is 0.299 e. The summed E-state index contributed by atoms with van der Waals surface area (Å²) in [7, 11) is 0. The Balaban J connectivity index is 1.92. The molecule has 0 aromatic carbocycles. The van der Waals surface area contributed by atoms with Gasteiger partial charge >= 0.3 is 0 Å². The van der Waals surface area contributed by atoms with Crippen molar-refractivity contribution in [1.82, 2.24) is 9.88 Å². The van der Waals surface area contributed by atoms with E-state index in [1.165, 1.54) is 5.56 Å². The molecule has 1 fully saturated rings. The molecule has 0 aliphatic carbocycles. The highest BCUT2D eigenvalue weighted by Gasteiger charge is 2.18. The van der Waals surface area contributed by atoms with Gasteiger partial charge in [0, 0.05) is 25.5 Å². The van der Waals surface area contributed by atoms with Crippen molar-refractivity contribution in [2.45, 2.75) is 13.0 Å². The van der Waals surface area contributed by atoms with Crippen LogP contribution in [0.1, 0.15) is 12.0 Å². The normalized spacial score (nSPS) is 23.6. The van der Waals surface area contributed by atoms with Crippen molar-refractivity contribution in [2.24, 2.45) is 5.92 Å². The number of hydrogen-bond donors (Lipinski definition) is 0. The van der Waals surface area contributed by atoms with Crippen LogP contribution in [-0.4, -0.2) is 23.0 Å². The molecular weight excluding hydrogens is 160 g/mol. The van der Waals surface area contributed by atoms with Gasteiger partial charge < -0.3 is 0 Å². The fourth-order valence-electron chi connectivity index (χ4n) is 1.75. The van der Waals surface area contributed by atoms with Gasteiger partial charge in [0.25, 0.3) is 0 Å². The SMILES string of the molecule is [CH]C1CCN(Cc2ccncc2)C1. The number of pyridine rings is 1. The second-order valence-corrected chi connectivity index (χ2v) is 3.64. The quantitative estimate of drug-likeness (QED) is 0.677. The van der Waals surface area contributed by atoms with Crippen LogP contribution in [0.2, 0.25) is 0 Å². The molecular formula is C11H14N2. The van der Waals surface area contributed by atoms with Crippen molar-refractivity contribution in [1.29, 1.82) is 0 Å².